The first-order chi connectivity index (χ1) is 7.16. The third kappa shape index (κ3) is 2.80. The van der Waals surface area contributed by atoms with E-state index in [1.807, 2.05) is 30.3 Å². The third-order valence-corrected chi connectivity index (χ3v) is 2.06. The molecule has 15 heavy (non-hydrogen) atoms. The van der Waals surface area contributed by atoms with E-state index in [0.717, 1.165) is 5.56 Å². The van der Waals surface area contributed by atoms with Crippen LogP contribution < -0.4 is 5.32 Å². The van der Waals surface area contributed by atoms with Crippen LogP contribution in [0.25, 0.3) is 0 Å². The van der Waals surface area contributed by atoms with Gasteiger partial charge in [0.25, 0.3) is 0 Å². The normalized spacial score (nSPS) is 11.6. The summed E-state index contributed by atoms with van der Waals surface area (Å²) in [7, 11) is 3.31. The first-order valence-electron chi connectivity index (χ1n) is 4.62. The van der Waals surface area contributed by atoms with Crippen LogP contribution in [0, 0.1) is 0 Å². The molecule has 0 aliphatic heterocycles. The first-order valence-corrected chi connectivity index (χ1v) is 4.62. The smallest absolute Gasteiger partial charge is 0.249 e. The van der Waals surface area contributed by atoms with E-state index in [1.54, 1.807) is 14.1 Å². The second-order valence-corrected chi connectivity index (χ2v) is 3.36. The topological polar surface area (TPSA) is 49.4 Å². The number of carbonyl (C=O) groups excluding carboxylic acids is 2. The molecule has 0 radical (unpaired) electrons. The van der Waals surface area contributed by atoms with Gasteiger partial charge in [-0.1, -0.05) is 30.3 Å². The van der Waals surface area contributed by atoms with Gasteiger partial charge in [0, 0.05) is 14.1 Å². The number of hydrogen-bond donors (Lipinski definition) is 1. The van der Waals surface area contributed by atoms with Gasteiger partial charge in [-0.25, -0.2) is 0 Å². The Bertz CT molecular complexity index is 336. The number of hydrogen-bond acceptors (Lipinski definition) is 2. The average molecular weight is 206 g/mol. The van der Waals surface area contributed by atoms with Crippen LogP contribution in [0.1, 0.15) is 11.6 Å². The molecule has 1 atom stereocenters. The minimum Gasteiger partial charge on any atom is -0.347 e. The van der Waals surface area contributed by atoms with E-state index in [4.69, 9.17) is 0 Å². The molecule has 0 aromatic heterocycles. The summed E-state index contributed by atoms with van der Waals surface area (Å²) in [5, 5.41) is 2.51. The number of amides is 2. The zero-order valence-electron chi connectivity index (χ0n) is 8.81. The third-order valence-electron chi connectivity index (χ3n) is 2.06. The van der Waals surface area contributed by atoms with Crippen molar-refractivity contribution in [1.82, 2.24) is 10.2 Å². The Balaban J connectivity index is 2.93. The molecule has 0 aliphatic rings. The van der Waals surface area contributed by atoms with Crippen LogP contribution in [-0.2, 0) is 9.59 Å². The number of likely N-dealkylation sites (N-methyl/N-ethyl adjacent to an activating group) is 1. The van der Waals surface area contributed by atoms with Gasteiger partial charge in [0.05, 0.1) is 0 Å². The lowest BCUT2D eigenvalue weighted by molar-refractivity contribution is -0.132. The van der Waals surface area contributed by atoms with Gasteiger partial charge in [-0.15, -0.1) is 0 Å². The molecule has 1 unspecified atom stereocenters. The summed E-state index contributed by atoms with van der Waals surface area (Å²) in [5.41, 5.74) is 0.781. The van der Waals surface area contributed by atoms with E-state index in [9.17, 15) is 9.59 Å². The molecule has 1 aromatic carbocycles. The summed E-state index contributed by atoms with van der Waals surface area (Å²) in [6, 6.07) is 8.54. The van der Waals surface area contributed by atoms with Crippen molar-refractivity contribution in [3.8, 4) is 0 Å². The van der Waals surface area contributed by atoms with Crippen molar-refractivity contribution >= 4 is 12.3 Å². The molecule has 0 saturated carbocycles. The van der Waals surface area contributed by atoms with Crippen molar-refractivity contribution in [2.24, 2.45) is 0 Å². The van der Waals surface area contributed by atoms with Crippen molar-refractivity contribution in [3.05, 3.63) is 35.9 Å². The van der Waals surface area contributed by atoms with E-state index in [2.05, 4.69) is 5.32 Å². The van der Waals surface area contributed by atoms with Gasteiger partial charge < -0.3 is 10.2 Å². The van der Waals surface area contributed by atoms with Gasteiger partial charge in [-0.3, -0.25) is 9.59 Å². The minimum atomic E-state index is -0.598. The Hall–Kier alpha value is -1.84. The molecule has 0 spiro atoms. The maximum absolute atomic E-state index is 11.7. The Morgan fingerprint density at radius 2 is 1.93 bits per heavy atom. The molecule has 2 amide bonds. The Labute approximate surface area is 88.9 Å². The lowest BCUT2D eigenvalue weighted by Gasteiger charge is -2.19. The lowest BCUT2D eigenvalue weighted by Crippen LogP contribution is -2.36. The Kier molecular flexibility index (Phi) is 3.85. The van der Waals surface area contributed by atoms with Gasteiger partial charge in [0.15, 0.2) is 0 Å². The fourth-order valence-corrected chi connectivity index (χ4v) is 1.28. The van der Waals surface area contributed by atoms with Crippen molar-refractivity contribution in [2.45, 2.75) is 6.04 Å². The summed E-state index contributed by atoms with van der Waals surface area (Å²) < 4.78 is 0. The highest BCUT2D eigenvalue weighted by atomic mass is 16.2. The number of nitrogens with zero attached hydrogens (tertiary/aromatic N) is 1. The van der Waals surface area contributed by atoms with Crippen LogP contribution in [0.4, 0.5) is 0 Å². The van der Waals surface area contributed by atoms with Crippen LogP contribution >= 0.6 is 0 Å². The van der Waals surface area contributed by atoms with Crippen LogP contribution in [0.2, 0.25) is 0 Å². The molecule has 0 saturated heterocycles. The molecule has 0 heterocycles. The predicted octanol–water partition coefficient (Wildman–Crippen LogP) is 0.562. The second-order valence-electron chi connectivity index (χ2n) is 3.36. The summed E-state index contributed by atoms with van der Waals surface area (Å²) in [6.07, 6.45) is 0.541. The molecular weight excluding hydrogens is 192 g/mol. The van der Waals surface area contributed by atoms with E-state index in [-0.39, 0.29) is 5.91 Å². The number of carbonyl (C=O) groups is 2. The first kappa shape index (κ1) is 11.2. The highest BCUT2D eigenvalue weighted by Crippen LogP contribution is 2.13. The fraction of sp³-hybridized carbons (Fsp3) is 0.273. The average Bonchev–Trinajstić information content (AvgIpc) is 2.26. The van der Waals surface area contributed by atoms with Crippen molar-refractivity contribution < 1.29 is 9.59 Å². The minimum absolute atomic E-state index is 0.145. The van der Waals surface area contributed by atoms with Gasteiger partial charge >= 0.3 is 0 Å². The molecule has 4 nitrogen and oxygen atoms in total. The van der Waals surface area contributed by atoms with Crippen LogP contribution in [0.5, 0.6) is 0 Å². The van der Waals surface area contributed by atoms with Gasteiger partial charge in [-0.05, 0) is 5.56 Å². The molecule has 0 bridgehead atoms. The quantitative estimate of drug-likeness (QED) is 0.732. The summed E-state index contributed by atoms with van der Waals surface area (Å²) >= 11 is 0. The molecule has 1 N–H and O–H groups in total. The maximum atomic E-state index is 11.7. The van der Waals surface area contributed by atoms with Crippen molar-refractivity contribution in [2.75, 3.05) is 14.1 Å². The van der Waals surface area contributed by atoms with E-state index in [0.29, 0.717) is 6.41 Å². The van der Waals surface area contributed by atoms with Gasteiger partial charge in [-0.2, -0.15) is 0 Å². The monoisotopic (exact) mass is 206 g/mol. The lowest BCUT2D eigenvalue weighted by atomic mass is 10.1. The Morgan fingerprint density at radius 3 is 2.40 bits per heavy atom. The molecule has 1 rings (SSSR count). The predicted molar refractivity (Wildman–Crippen MR) is 57.1 cm³/mol. The summed E-state index contributed by atoms with van der Waals surface area (Å²) in [6.45, 7) is 0. The fourth-order valence-electron chi connectivity index (χ4n) is 1.28. The highest BCUT2D eigenvalue weighted by Gasteiger charge is 2.20. The maximum Gasteiger partial charge on any atom is 0.249 e. The van der Waals surface area contributed by atoms with Crippen molar-refractivity contribution in [1.29, 1.82) is 0 Å². The van der Waals surface area contributed by atoms with Crippen molar-refractivity contribution in [3.63, 3.8) is 0 Å². The molecule has 4 heteroatoms. The number of benzene rings is 1. The van der Waals surface area contributed by atoms with E-state index < -0.39 is 6.04 Å². The second kappa shape index (κ2) is 5.14. The standard InChI is InChI=1S/C11H14N2O2/c1-13(2)11(15)10(12-8-14)9-6-4-3-5-7-9/h3-8,10H,1-2H3,(H,12,14). The summed E-state index contributed by atoms with van der Waals surface area (Å²) in [5.74, 6) is -0.145. The van der Waals surface area contributed by atoms with Crippen LogP contribution in [-0.4, -0.2) is 31.3 Å². The molecule has 0 aliphatic carbocycles. The molecule has 0 fully saturated rings. The molecule has 80 valence electrons. The SMILES string of the molecule is CN(C)C(=O)C(NC=O)c1ccccc1. The summed E-state index contributed by atoms with van der Waals surface area (Å²) in [4.78, 5) is 23.6. The van der Waals surface area contributed by atoms with E-state index in [1.165, 1.54) is 4.90 Å². The Morgan fingerprint density at radius 1 is 1.33 bits per heavy atom. The number of nitrogens with one attached hydrogen (secondary N) is 1. The van der Waals surface area contributed by atoms with E-state index >= 15 is 0 Å². The highest BCUT2D eigenvalue weighted by molar-refractivity contribution is 5.84. The van der Waals surface area contributed by atoms with Crippen LogP contribution in [0.15, 0.2) is 30.3 Å². The zero-order valence-corrected chi connectivity index (χ0v) is 8.81. The molecular formula is C11H14N2O2. The van der Waals surface area contributed by atoms with Crippen LogP contribution in [0.3, 0.4) is 0 Å². The van der Waals surface area contributed by atoms with Gasteiger partial charge in [0.1, 0.15) is 6.04 Å². The number of rotatable bonds is 4. The largest absolute Gasteiger partial charge is 0.347 e. The van der Waals surface area contributed by atoms with Gasteiger partial charge in [0.2, 0.25) is 12.3 Å². The molecule has 1 aromatic rings. The zero-order chi connectivity index (χ0) is 11.3.